The number of hydrogen-bond acceptors (Lipinski definition) is 5. The number of hydrogen-bond donors (Lipinski definition) is 1. The molecule has 1 heterocycles. The fourth-order valence-corrected chi connectivity index (χ4v) is 4.54. The summed E-state index contributed by atoms with van der Waals surface area (Å²) in [5.41, 5.74) is 0.296. The predicted octanol–water partition coefficient (Wildman–Crippen LogP) is 5.25. The van der Waals surface area contributed by atoms with Gasteiger partial charge in [-0.1, -0.05) is 30.3 Å². The lowest BCUT2D eigenvalue weighted by atomic mass is 10.1. The van der Waals surface area contributed by atoms with Gasteiger partial charge in [0.05, 0.1) is 31.9 Å². The van der Waals surface area contributed by atoms with Crippen molar-refractivity contribution in [2.24, 2.45) is 0 Å². The molecule has 0 bridgehead atoms. The van der Waals surface area contributed by atoms with E-state index in [-0.39, 0.29) is 23.8 Å². The SMILES string of the molecule is COc1ccc(CN2C(=S)N(c3cccc(C(F)(F)F)c3)C(=O)C2CC(=O)Nc2ccccc2)cc1OC. The molecule has 1 aliphatic rings. The van der Waals surface area contributed by atoms with E-state index in [2.05, 4.69) is 5.32 Å². The summed E-state index contributed by atoms with van der Waals surface area (Å²) in [7, 11) is 2.98. The smallest absolute Gasteiger partial charge is 0.416 e. The Morgan fingerprint density at radius 2 is 1.68 bits per heavy atom. The van der Waals surface area contributed by atoms with Gasteiger partial charge in [0.2, 0.25) is 5.91 Å². The highest BCUT2D eigenvalue weighted by Crippen LogP contribution is 2.35. The number of ether oxygens (including phenoxy) is 2. The van der Waals surface area contributed by atoms with E-state index in [1.165, 1.54) is 31.3 Å². The Bertz CT molecular complexity index is 1350. The molecule has 0 spiro atoms. The van der Waals surface area contributed by atoms with E-state index < -0.39 is 29.6 Å². The third kappa shape index (κ3) is 5.72. The minimum Gasteiger partial charge on any atom is -0.493 e. The molecule has 11 heteroatoms. The molecule has 3 aromatic rings. The molecule has 1 atom stereocenters. The van der Waals surface area contributed by atoms with Crippen LogP contribution < -0.4 is 19.7 Å². The van der Waals surface area contributed by atoms with E-state index >= 15 is 0 Å². The Labute approximate surface area is 222 Å². The summed E-state index contributed by atoms with van der Waals surface area (Å²) in [5, 5.41) is 2.73. The summed E-state index contributed by atoms with van der Waals surface area (Å²) in [4.78, 5) is 29.1. The number of methoxy groups -OCH3 is 2. The number of benzene rings is 3. The molecule has 38 heavy (non-hydrogen) atoms. The lowest BCUT2D eigenvalue weighted by molar-refractivity contribution is -0.137. The molecule has 0 saturated carbocycles. The van der Waals surface area contributed by atoms with Crippen molar-refractivity contribution in [3.05, 3.63) is 83.9 Å². The summed E-state index contributed by atoms with van der Waals surface area (Å²) < 4.78 is 50.8. The molecule has 7 nitrogen and oxygen atoms in total. The van der Waals surface area contributed by atoms with Gasteiger partial charge >= 0.3 is 6.18 Å². The molecule has 1 aliphatic heterocycles. The topological polar surface area (TPSA) is 71.1 Å². The van der Waals surface area contributed by atoms with E-state index in [4.69, 9.17) is 21.7 Å². The normalized spacial score (nSPS) is 15.6. The fraction of sp³-hybridized carbons (Fsp3) is 0.222. The van der Waals surface area contributed by atoms with Gasteiger partial charge in [0.1, 0.15) is 6.04 Å². The van der Waals surface area contributed by atoms with Crippen LogP contribution in [0.3, 0.4) is 0 Å². The first kappa shape index (κ1) is 26.9. The standard InChI is InChI=1S/C27H24F3N3O4S/c1-36-22-12-11-17(13-23(22)37-2)16-32-21(15-24(34)31-19-8-4-3-5-9-19)25(35)33(26(32)38)20-10-6-7-18(14-20)27(28,29)30/h3-14,21H,15-16H2,1-2H3,(H,31,34). The van der Waals surface area contributed by atoms with Crippen molar-refractivity contribution >= 4 is 40.5 Å². The minimum atomic E-state index is -4.60. The van der Waals surface area contributed by atoms with Gasteiger partial charge in [0.15, 0.2) is 16.6 Å². The number of rotatable bonds is 8. The number of nitrogens with one attached hydrogen (secondary N) is 1. The molecular formula is C27H24F3N3O4S. The molecule has 0 aromatic heterocycles. The van der Waals surface area contributed by atoms with Crippen molar-refractivity contribution in [1.82, 2.24) is 4.90 Å². The second-order valence-corrected chi connectivity index (χ2v) is 8.82. The average Bonchev–Trinajstić information content (AvgIpc) is 3.12. The Hall–Kier alpha value is -4.12. The number of carbonyl (C=O) groups is 2. The van der Waals surface area contributed by atoms with Gasteiger partial charge in [-0.05, 0) is 60.2 Å². The van der Waals surface area contributed by atoms with Crippen LogP contribution in [0.4, 0.5) is 24.5 Å². The Morgan fingerprint density at radius 1 is 0.974 bits per heavy atom. The zero-order valence-corrected chi connectivity index (χ0v) is 21.3. The fourth-order valence-electron chi connectivity index (χ4n) is 4.16. The second kappa shape index (κ2) is 11.1. The number of anilines is 2. The minimum absolute atomic E-state index is 0.0124. The molecule has 3 aromatic carbocycles. The highest BCUT2D eigenvalue weighted by atomic mass is 32.1. The number of carbonyl (C=O) groups excluding carboxylic acids is 2. The van der Waals surface area contributed by atoms with Crippen molar-refractivity contribution in [1.29, 1.82) is 0 Å². The Kier molecular flexibility index (Phi) is 7.86. The molecule has 2 amide bonds. The van der Waals surface area contributed by atoms with Gasteiger partial charge in [-0.25, -0.2) is 0 Å². The zero-order chi connectivity index (χ0) is 27.4. The van der Waals surface area contributed by atoms with Crippen LogP contribution in [0, 0.1) is 0 Å². The molecule has 0 aliphatic carbocycles. The van der Waals surface area contributed by atoms with Crippen LogP contribution in [0.25, 0.3) is 0 Å². The number of alkyl halides is 3. The third-order valence-electron chi connectivity index (χ3n) is 5.99. The van der Waals surface area contributed by atoms with Gasteiger partial charge in [0.25, 0.3) is 5.91 Å². The van der Waals surface area contributed by atoms with E-state index in [1.54, 1.807) is 48.5 Å². The summed E-state index contributed by atoms with van der Waals surface area (Å²) in [6.45, 7) is 0.101. The molecule has 1 unspecified atom stereocenters. The van der Waals surface area contributed by atoms with Crippen LogP contribution in [0.5, 0.6) is 11.5 Å². The number of para-hydroxylation sites is 1. The van der Waals surface area contributed by atoms with Crippen LogP contribution in [-0.2, 0) is 22.3 Å². The van der Waals surface area contributed by atoms with Gasteiger partial charge in [0, 0.05) is 12.2 Å². The van der Waals surface area contributed by atoms with Crippen molar-refractivity contribution in [2.75, 3.05) is 24.4 Å². The van der Waals surface area contributed by atoms with E-state index in [0.29, 0.717) is 22.7 Å². The number of thiocarbonyl (C=S) groups is 1. The molecular weight excluding hydrogens is 519 g/mol. The first-order chi connectivity index (χ1) is 18.1. The summed E-state index contributed by atoms with van der Waals surface area (Å²) >= 11 is 5.59. The van der Waals surface area contributed by atoms with E-state index in [0.717, 1.165) is 17.0 Å². The van der Waals surface area contributed by atoms with Crippen LogP contribution in [0.2, 0.25) is 0 Å². The van der Waals surface area contributed by atoms with Crippen molar-refractivity contribution in [2.45, 2.75) is 25.2 Å². The van der Waals surface area contributed by atoms with E-state index in [1.807, 2.05) is 0 Å². The van der Waals surface area contributed by atoms with Crippen LogP contribution in [-0.4, -0.2) is 42.1 Å². The third-order valence-corrected chi connectivity index (χ3v) is 6.40. The maximum absolute atomic E-state index is 13.6. The first-order valence-electron chi connectivity index (χ1n) is 11.5. The molecule has 0 radical (unpaired) electrons. The van der Waals surface area contributed by atoms with E-state index in [9.17, 15) is 22.8 Å². The molecule has 1 saturated heterocycles. The van der Waals surface area contributed by atoms with Crippen LogP contribution in [0.15, 0.2) is 72.8 Å². The van der Waals surface area contributed by atoms with Crippen molar-refractivity contribution < 1.29 is 32.2 Å². The van der Waals surface area contributed by atoms with Gasteiger partial charge in [-0.15, -0.1) is 0 Å². The lowest BCUT2D eigenvalue weighted by Crippen LogP contribution is -2.37. The number of halogens is 3. The monoisotopic (exact) mass is 543 g/mol. The van der Waals surface area contributed by atoms with Crippen LogP contribution in [0.1, 0.15) is 17.5 Å². The summed E-state index contributed by atoms with van der Waals surface area (Å²) in [6.07, 6.45) is -4.87. The Balaban J connectivity index is 1.67. The van der Waals surface area contributed by atoms with Crippen LogP contribution >= 0.6 is 12.2 Å². The predicted molar refractivity (Wildman–Crippen MR) is 140 cm³/mol. The number of amides is 2. The Morgan fingerprint density at radius 3 is 2.34 bits per heavy atom. The van der Waals surface area contributed by atoms with Gasteiger partial charge in [-0.3, -0.25) is 14.5 Å². The maximum Gasteiger partial charge on any atom is 0.416 e. The van der Waals surface area contributed by atoms with Gasteiger partial charge < -0.3 is 19.7 Å². The maximum atomic E-state index is 13.6. The highest BCUT2D eigenvalue weighted by molar-refractivity contribution is 7.80. The lowest BCUT2D eigenvalue weighted by Gasteiger charge is -2.24. The highest BCUT2D eigenvalue weighted by Gasteiger charge is 2.44. The molecule has 198 valence electrons. The number of nitrogens with zero attached hydrogens (tertiary/aromatic N) is 2. The summed E-state index contributed by atoms with van der Waals surface area (Å²) in [5.74, 6) is -0.0891. The van der Waals surface area contributed by atoms with Gasteiger partial charge in [-0.2, -0.15) is 13.2 Å². The second-order valence-electron chi connectivity index (χ2n) is 8.46. The zero-order valence-electron chi connectivity index (χ0n) is 20.5. The molecule has 1 N–H and O–H groups in total. The van der Waals surface area contributed by atoms with Crippen molar-refractivity contribution in [3.8, 4) is 11.5 Å². The molecule has 1 fully saturated rings. The molecule has 4 rings (SSSR count). The summed E-state index contributed by atoms with van der Waals surface area (Å²) in [6, 6.07) is 17.2. The largest absolute Gasteiger partial charge is 0.493 e. The average molecular weight is 544 g/mol. The van der Waals surface area contributed by atoms with Crippen molar-refractivity contribution in [3.63, 3.8) is 0 Å². The quantitative estimate of drug-likeness (QED) is 0.391. The first-order valence-corrected chi connectivity index (χ1v) is 11.9.